The van der Waals surface area contributed by atoms with Crippen molar-refractivity contribution in [2.75, 3.05) is 11.1 Å². The maximum absolute atomic E-state index is 13.0. The van der Waals surface area contributed by atoms with Crippen molar-refractivity contribution < 1.29 is 4.39 Å². The van der Waals surface area contributed by atoms with Gasteiger partial charge in [-0.05, 0) is 59.0 Å². The first-order chi connectivity index (χ1) is 8.60. The van der Waals surface area contributed by atoms with Crippen LogP contribution in [0.2, 0.25) is 0 Å². The lowest BCUT2D eigenvalue weighted by atomic mass is 10.1. The average Bonchev–Trinajstić information content (AvgIpc) is 2.34. The summed E-state index contributed by atoms with van der Waals surface area (Å²) in [5, 5.41) is 12.0. The number of hydrogen-bond donors (Lipinski definition) is 2. The van der Waals surface area contributed by atoms with Crippen molar-refractivity contribution >= 4 is 39.7 Å². The number of nitrogen functional groups attached to an aromatic ring is 1. The Morgan fingerprint density at radius 3 is 2.56 bits per heavy atom. The molecule has 18 heavy (non-hydrogen) atoms. The van der Waals surface area contributed by atoms with E-state index in [1.54, 1.807) is 0 Å². The Bertz CT molecular complexity index is 635. The van der Waals surface area contributed by atoms with Gasteiger partial charge in [0.1, 0.15) is 11.9 Å². The zero-order valence-electron chi connectivity index (χ0n) is 9.24. The highest BCUT2D eigenvalue weighted by molar-refractivity contribution is 14.1. The molecule has 0 saturated heterocycles. The van der Waals surface area contributed by atoms with Crippen molar-refractivity contribution in [2.24, 2.45) is 0 Å². The van der Waals surface area contributed by atoms with Crippen molar-refractivity contribution in [2.45, 2.75) is 0 Å². The molecule has 90 valence electrons. The topological polar surface area (TPSA) is 61.8 Å². The Labute approximate surface area is 118 Å². The molecule has 3 N–H and O–H groups in total. The van der Waals surface area contributed by atoms with Gasteiger partial charge in [-0.2, -0.15) is 5.26 Å². The van der Waals surface area contributed by atoms with Crippen LogP contribution >= 0.6 is 22.6 Å². The summed E-state index contributed by atoms with van der Waals surface area (Å²) in [6.07, 6.45) is 0. The van der Waals surface area contributed by atoms with Crippen LogP contribution in [0, 0.1) is 20.7 Å². The third-order valence-electron chi connectivity index (χ3n) is 2.39. The van der Waals surface area contributed by atoms with Crippen LogP contribution in [-0.4, -0.2) is 0 Å². The molecule has 0 bridgehead atoms. The smallest absolute Gasteiger partial charge is 0.124 e. The number of nitrogens with one attached hydrogen (secondary N) is 1. The van der Waals surface area contributed by atoms with Gasteiger partial charge in [0.25, 0.3) is 0 Å². The van der Waals surface area contributed by atoms with Crippen molar-refractivity contribution in [3.63, 3.8) is 0 Å². The van der Waals surface area contributed by atoms with Gasteiger partial charge in [-0.1, -0.05) is 0 Å². The molecule has 2 aromatic rings. The second kappa shape index (κ2) is 5.23. The van der Waals surface area contributed by atoms with E-state index in [4.69, 9.17) is 11.0 Å². The van der Waals surface area contributed by atoms with Gasteiger partial charge in [0, 0.05) is 3.57 Å². The van der Waals surface area contributed by atoms with Crippen molar-refractivity contribution in [3.8, 4) is 6.07 Å². The number of rotatable bonds is 2. The number of nitrogens with zero attached hydrogens (tertiary/aromatic N) is 1. The molecule has 0 heterocycles. The first kappa shape index (κ1) is 12.6. The first-order valence-corrected chi connectivity index (χ1v) is 6.20. The summed E-state index contributed by atoms with van der Waals surface area (Å²) in [4.78, 5) is 0. The van der Waals surface area contributed by atoms with Gasteiger partial charge in [-0.15, -0.1) is 0 Å². The van der Waals surface area contributed by atoms with E-state index >= 15 is 0 Å². The summed E-state index contributed by atoms with van der Waals surface area (Å²) in [7, 11) is 0. The van der Waals surface area contributed by atoms with E-state index in [9.17, 15) is 4.39 Å². The second-order valence-electron chi connectivity index (χ2n) is 3.66. The molecule has 0 spiro atoms. The molecule has 0 atom stereocenters. The minimum absolute atomic E-state index is 0.243. The zero-order chi connectivity index (χ0) is 13.1. The van der Waals surface area contributed by atoms with E-state index in [1.807, 2.05) is 24.3 Å². The van der Waals surface area contributed by atoms with Crippen molar-refractivity contribution in [1.29, 1.82) is 5.26 Å². The highest BCUT2D eigenvalue weighted by Crippen LogP contribution is 2.26. The van der Waals surface area contributed by atoms with Crippen LogP contribution in [0.4, 0.5) is 21.5 Å². The number of hydrogen-bond acceptors (Lipinski definition) is 3. The molecule has 0 aliphatic rings. The molecular formula is C13H9FIN3. The van der Waals surface area contributed by atoms with E-state index in [1.165, 1.54) is 18.2 Å². The fourth-order valence-corrected chi connectivity index (χ4v) is 2.03. The molecule has 0 saturated carbocycles. The number of nitrogens with two attached hydrogens (primary N) is 1. The molecule has 0 aliphatic heterocycles. The Hall–Kier alpha value is -1.81. The summed E-state index contributed by atoms with van der Waals surface area (Å²) in [6, 6.07) is 11.5. The van der Waals surface area contributed by atoms with Crippen LogP contribution in [0.3, 0.4) is 0 Å². The molecule has 0 fully saturated rings. The maximum Gasteiger partial charge on any atom is 0.124 e. The van der Waals surface area contributed by atoms with Crippen LogP contribution in [0.15, 0.2) is 36.4 Å². The van der Waals surface area contributed by atoms with Crippen LogP contribution in [0.1, 0.15) is 5.56 Å². The molecule has 2 aromatic carbocycles. The Morgan fingerprint density at radius 1 is 1.17 bits per heavy atom. The van der Waals surface area contributed by atoms with E-state index in [0.29, 0.717) is 17.1 Å². The van der Waals surface area contributed by atoms with Crippen LogP contribution in [0.5, 0.6) is 0 Å². The van der Waals surface area contributed by atoms with Gasteiger partial charge >= 0.3 is 0 Å². The molecule has 3 nitrogen and oxygen atoms in total. The molecule has 0 unspecified atom stereocenters. The number of nitriles is 1. The standard InChI is InChI=1S/C13H9FIN3/c14-9-1-3-12(8(5-9)7-16)18-13-4-2-10(15)6-11(13)17/h1-6,18H,17H2. The summed E-state index contributed by atoms with van der Waals surface area (Å²) >= 11 is 2.16. The summed E-state index contributed by atoms with van der Waals surface area (Å²) in [5.41, 5.74) is 7.92. The third kappa shape index (κ3) is 2.71. The van der Waals surface area contributed by atoms with E-state index < -0.39 is 5.82 Å². The van der Waals surface area contributed by atoms with Crippen LogP contribution in [-0.2, 0) is 0 Å². The van der Waals surface area contributed by atoms with E-state index in [-0.39, 0.29) is 5.56 Å². The molecule has 0 amide bonds. The normalized spacial score (nSPS) is 9.83. The van der Waals surface area contributed by atoms with Gasteiger partial charge < -0.3 is 11.1 Å². The molecule has 5 heteroatoms. The number of benzene rings is 2. The van der Waals surface area contributed by atoms with Gasteiger partial charge in [0.2, 0.25) is 0 Å². The monoisotopic (exact) mass is 353 g/mol. The molecule has 2 rings (SSSR count). The summed E-state index contributed by atoms with van der Waals surface area (Å²) in [6.45, 7) is 0. The minimum atomic E-state index is -0.437. The average molecular weight is 353 g/mol. The Kier molecular flexibility index (Phi) is 3.67. The predicted octanol–water partition coefficient (Wildman–Crippen LogP) is 3.63. The lowest BCUT2D eigenvalue weighted by molar-refractivity contribution is 0.627. The Balaban J connectivity index is 2.37. The van der Waals surface area contributed by atoms with Crippen molar-refractivity contribution in [1.82, 2.24) is 0 Å². The van der Waals surface area contributed by atoms with Crippen LogP contribution < -0.4 is 11.1 Å². The van der Waals surface area contributed by atoms with Crippen LogP contribution in [0.25, 0.3) is 0 Å². The van der Waals surface area contributed by atoms with Gasteiger partial charge in [0.05, 0.1) is 22.6 Å². The van der Waals surface area contributed by atoms with Crippen molar-refractivity contribution in [3.05, 3.63) is 51.3 Å². The largest absolute Gasteiger partial charge is 0.397 e. The number of halogens is 2. The van der Waals surface area contributed by atoms with Gasteiger partial charge in [-0.25, -0.2) is 4.39 Å². The first-order valence-electron chi connectivity index (χ1n) is 5.12. The minimum Gasteiger partial charge on any atom is -0.397 e. The molecule has 0 radical (unpaired) electrons. The quantitative estimate of drug-likeness (QED) is 0.640. The van der Waals surface area contributed by atoms with Gasteiger partial charge in [-0.3, -0.25) is 0 Å². The lowest BCUT2D eigenvalue weighted by Gasteiger charge is -2.11. The maximum atomic E-state index is 13.0. The highest BCUT2D eigenvalue weighted by atomic mass is 127. The fraction of sp³-hybridized carbons (Fsp3) is 0. The number of anilines is 3. The Morgan fingerprint density at radius 2 is 1.89 bits per heavy atom. The SMILES string of the molecule is N#Cc1cc(F)ccc1Nc1ccc(I)cc1N. The second-order valence-corrected chi connectivity index (χ2v) is 4.90. The molecule has 0 aromatic heterocycles. The predicted molar refractivity (Wildman–Crippen MR) is 78.0 cm³/mol. The molecule has 0 aliphatic carbocycles. The summed E-state index contributed by atoms with van der Waals surface area (Å²) in [5.74, 6) is -0.437. The zero-order valence-corrected chi connectivity index (χ0v) is 11.4. The fourth-order valence-electron chi connectivity index (χ4n) is 1.51. The molecular weight excluding hydrogens is 344 g/mol. The summed E-state index contributed by atoms with van der Waals surface area (Å²) < 4.78 is 14.0. The van der Waals surface area contributed by atoms with E-state index in [2.05, 4.69) is 27.9 Å². The highest BCUT2D eigenvalue weighted by Gasteiger charge is 2.06. The third-order valence-corrected chi connectivity index (χ3v) is 3.06. The van der Waals surface area contributed by atoms with E-state index in [0.717, 1.165) is 3.57 Å². The lowest BCUT2D eigenvalue weighted by Crippen LogP contribution is -1.98. The van der Waals surface area contributed by atoms with Gasteiger partial charge in [0.15, 0.2) is 0 Å².